The van der Waals surface area contributed by atoms with Gasteiger partial charge in [-0.3, -0.25) is 9.78 Å². The topological polar surface area (TPSA) is 99.9 Å². The summed E-state index contributed by atoms with van der Waals surface area (Å²) in [6.07, 6.45) is 1.08. The van der Waals surface area contributed by atoms with Crippen LogP contribution in [0.2, 0.25) is 0 Å². The van der Waals surface area contributed by atoms with Crippen LogP contribution in [-0.4, -0.2) is 40.1 Å². The molecule has 0 radical (unpaired) electrons. The van der Waals surface area contributed by atoms with Crippen molar-refractivity contribution >= 4 is 17.1 Å². The van der Waals surface area contributed by atoms with Crippen LogP contribution in [0.15, 0.2) is 16.9 Å². The van der Waals surface area contributed by atoms with Crippen LogP contribution in [0, 0.1) is 11.3 Å². The van der Waals surface area contributed by atoms with E-state index in [4.69, 9.17) is 4.74 Å². The highest BCUT2D eigenvalue weighted by atomic mass is 16.5. The first-order valence-corrected chi connectivity index (χ1v) is 7.83. The first-order chi connectivity index (χ1) is 10.8. The molecule has 0 aliphatic carbocycles. The lowest BCUT2D eigenvalue weighted by molar-refractivity contribution is 0.00736. The molecule has 2 atom stereocenters. The largest absolute Gasteiger partial charge is 0.377 e. The average molecular weight is 318 g/mol. The predicted octanol–water partition coefficient (Wildman–Crippen LogP) is 1.43. The minimum atomic E-state index is -0.332. The molecule has 7 heteroatoms. The molecule has 1 aliphatic rings. The maximum atomic E-state index is 12.3. The van der Waals surface area contributed by atoms with E-state index in [0.29, 0.717) is 29.3 Å². The number of hydrogen-bond donors (Lipinski definition) is 3. The van der Waals surface area contributed by atoms with E-state index >= 15 is 0 Å². The van der Waals surface area contributed by atoms with E-state index in [2.05, 4.69) is 41.0 Å². The Balaban J connectivity index is 1.67. The van der Waals surface area contributed by atoms with Crippen molar-refractivity contribution in [2.75, 3.05) is 13.2 Å². The van der Waals surface area contributed by atoms with E-state index in [0.717, 1.165) is 13.0 Å². The van der Waals surface area contributed by atoms with Gasteiger partial charge in [0.05, 0.1) is 11.6 Å². The van der Waals surface area contributed by atoms with Gasteiger partial charge in [0.15, 0.2) is 5.65 Å². The summed E-state index contributed by atoms with van der Waals surface area (Å²) in [4.78, 5) is 32.9. The lowest BCUT2D eigenvalue weighted by atomic mass is 9.81. The standard InChI is InChI=1S/C16H22N4O3/c1-16(2,3)12-9(6-7-23-12)8-17-14(21)11-5-4-10-13(18-11)20-15(22)19-10/h4-5,9,12H,6-8H2,1-3H3,(H,17,21)(H2,18,19,20,22)/t9-,12+/m1/s1. The molecule has 1 aliphatic heterocycles. The number of aromatic nitrogens is 3. The molecular formula is C16H22N4O3. The molecule has 124 valence electrons. The fourth-order valence-electron chi connectivity index (χ4n) is 3.16. The molecule has 3 rings (SSSR count). The van der Waals surface area contributed by atoms with Crippen LogP contribution in [0.5, 0.6) is 0 Å². The van der Waals surface area contributed by atoms with E-state index in [9.17, 15) is 9.59 Å². The van der Waals surface area contributed by atoms with Gasteiger partial charge >= 0.3 is 5.69 Å². The van der Waals surface area contributed by atoms with Crippen LogP contribution < -0.4 is 11.0 Å². The highest BCUT2D eigenvalue weighted by Gasteiger charge is 2.37. The smallest absolute Gasteiger partial charge is 0.325 e. The summed E-state index contributed by atoms with van der Waals surface area (Å²) in [5.41, 5.74) is 0.983. The molecule has 2 aromatic heterocycles. The van der Waals surface area contributed by atoms with Crippen LogP contribution in [-0.2, 0) is 4.74 Å². The monoisotopic (exact) mass is 318 g/mol. The Morgan fingerprint density at radius 2 is 2.17 bits per heavy atom. The molecule has 0 saturated carbocycles. The summed E-state index contributed by atoms with van der Waals surface area (Å²) < 4.78 is 5.82. The molecule has 0 bridgehead atoms. The number of fused-ring (bicyclic) bond motifs is 1. The van der Waals surface area contributed by atoms with E-state index < -0.39 is 0 Å². The summed E-state index contributed by atoms with van der Waals surface area (Å²) in [5, 5.41) is 2.93. The van der Waals surface area contributed by atoms with Gasteiger partial charge < -0.3 is 15.0 Å². The normalized spacial score (nSPS) is 21.7. The number of aromatic amines is 2. The zero-order valence-electron chi connectivity index (χ0n) is 13.6. The minimum absolute atomic E-state index is 0.0493. The Bertz CT molecular complexity index is 771. The van der Waals surface area contributed by atoms with Crippen LogP contribution in [0.25, 0.3) is 11.2 Å². The Kier molecular flexibility index (Phi) is 3.97. The second-order valence-electron chi connectivity index (χ2n) is 7.09. The highest BCUT2D eigenvalue weighted by molar-refractivity contribution is 5.93. The number of amides is 1. The number of ether oxygens (including phenoxy) is 1. The van der Waals surface area contributed by atoms with E-state index in [1.807, 2.05) is 0 Å². The van der Waals surface area contributed by atoms with Gasteiger partial charge in [0.1, 0.15) is 5.69 Å². The number of rotatable bonds is 3. The molecule has 3 N–H and O–H groups in total. The number of nitrogens with zero attached hydrogens (tertiary/aromatic N) is 1. The number of H-pyrrole nitrogens is 2. The summed E-state index contributed by atoms with van der Waals surface area (Å²) in [7, 11) is 0. The molecule has 2 aromatic rings. The van der Waals surface area contributed by atoms with Gasteiger partial charge in [-0.15, -0.1) is 0 Å². The van der Waals surface area contributed by atoms with Gasteiger partial charge in [-0.2, -0.15) is 0 Å². The first kappa shape index (κ1) is 15.7. The SMILES string of the molecule is CC(C)(C)[C@H]1OCC[C@@H]1CNC(=O)c1ccc2[nH]c(=O)[nH]c2n1. The summed E-state index contributed by atoms with van der Waals surface area (Å²) in [5.74, 6) is 0.0586. The van der Waals surface area contributed by atoms with Gasteiger partial charge in [0.25, 0.3) is 5.91 Å². The van der Waals surface area contributed by atoms with Crippen molar-refractivity contribution < 1.29 is 9.53 Å². The lowest BCUT2D eigenvalue weighted by Gasteiger charge is -2.31. The van der Waals surface area contributed by atoms with Crippen LogP contribution in [0.3, 0.4) is 0 Å². The number of pyridine rings is 1. The van der Waals surface area contributed by atoms with Gasteiger partial charge in [-0.05, 0) is 24.0 Å². The molecule has 1 fully saturated rings. The number of carbonyl (C=O) groups excluding carboxylic acids is 1. The van der Waals surface area contributed by atoms with Gasteiger partial charge in [-0.25, -0.2) is 9.78 Å². The third-order valence-corrected chi connectivity index (χ3v) is 4.20. The summed E-state index contributed by atoms with van der Waals surface area (Å²) in [6.45, 7) is 7.74. The molecular weight excluding hydrogens is 296 g/mol. The maximum Gasteiger partial charge on any atom is 0.325 e. The van der Waals surface area contributed by atoms with Crippen LogP contribution in [0.4, 0.5) is 0 Å². The van der Waals surface area contributed by atoms with Gasteiger partial charge in [0.2, 0.25) is 0 Å². The highest BCUT2D eigenvalue weighted by Crippen LogP contribution is 2.34. The fourth-order valence-corrected chi connectivity index (χ4v) is 3.16. The predicted molar refractivity (Wildman–Crippen MR) is 86.3 cm³/mol. The third kappa shape index (κ3) is 3.29. The van der Waals surface area contributed by atoms with Crippen molar-refractivity contribution in [3.63, 3.8) is 0 Å². The Morgan fingerprint density at radius 3 is 2.91 bits per heavy atom. The third-order valence-electron chi connectivity index (χ3n) is 4.20. The van der Waals surface area contributed by atoms with Crippen molar-refractivity contribution in [1.29, 1.82) is 0 Å². The second kappa shape index (κ2) is 5.81. The molecule has 7 nitrogen and oxygen atoms in total. The summed E-state index contributed by atoms with van der Waals surface area (Å²) in [6, 6.07) is 3.28. The van der Waals surface area contributed by atoms with Crippen molar-refractivity contribution in [1.82, 2.24) is 20.3 Å². The zero-order valence-corrected chi connectivity index (χ0v) is 13.6. The number of imidazole rings is 1. The quantitative estimate of drug-likeness (QED) is 0.797. The number of hydrogen-bond acceptors (Lipinski definition) is 4. The van der Waals surface area contributed by atoms with Crippen LogP contribution in [0.1, 0.15) is 37.7 Å². The van der Waals surface area contributed by atoms with Gasteiger partial charge in [0, 0.05) is 19.1 Å². The molecule has 0 aromatic carbocycles. The Morgan fingerprint density at radius 1 is 1.39 bits per heavy atom. The van der Waals surface area contributed by atoms with Crippen molar-refractivity contribution in [2.45, 2.75) is 33.3 Å². The Labute approximate surface area is 133 Å². The van der Waals surface area contributed by atoms with E-state index in [-0.39, 0.29) is 23.1 Å². The fraction of sp³-hybridized carbons (Fsp3) is 0.562. The van der Waals surface area contributed by atoms with Crippen LogP contribution >= 0.6 is 0 Å². The first-order valence-electron chi connectivity index (χ1n) is 7.83. The molecule has 23 heavy (non-hydrogen) atoms. The molecule has 0 spiro atoms. The zero-order chi connectivity index (χ0) is 16.6. The minimum Gasteiger partial charge on any atom is -0.377 e. The van der Waals surface area contributed by atoms with Gasteiger partial charge in [-0.1, -0.05) is 20.8 Å². The van der Waals surface area contributed by atoms with Crippen molar-refractivity contribution in [3.8, 4) is 0 Å². The maximum absolute atomic E-state index is 12.3. The Hall–Kier alpha value is -2.15. The molecule has 3 heterocycles. The van der Waals surface area contributed by atoms with Crippen molar-refractivity contribution in [3.05, 3.63) is 28.3 Å². The van der Waals surface area contributed by atoms with E-state index in [1.165, 1.54) is 0 Å². The molecule has 0 unspecified atom stereocenters. The summed E-state index contributed by atoms with van der Waals surface area (Å²) >= 11 is 0. The number of carbonyl (C=O) groups is 1. The van der Waals surface area contributed by atoms with E-state index in [1.54, 1.807) is 12.1 Å². The average Bonchev–Trinajstić information content (AvgIpc) is 3.08. The second-order valence-corrected chi connectivity index (χ2v) is 7.09. The number of nitrogens with one attached hydrogen (secondary N) is 3. The molecule has 1 amide bonds. The lowest BCUT2D eigenvalue weighted by Crippen LogP contribution is -2.38. The van der Waals surface area contributed by atoms with Crippen molar-refractivity contribution in [2.24, 2.45) is 11.3 Å². The molecule has 1 saturated heterocycles.